The van der Waals surface area contributed by atoms with Gasteiger partial charge in [-0.2, -0.15) is 5.10 Å². The van der Waals surface area contributed by atoms with Gasteiger partial charge in [0, 0.05) is 44.0 Å². The summed E-state index contributed by atoms with van der Waals surface area (Å²) in [4.78, 5) is 21.3. The molecular formula is C17H23N5OS. The molecular weight excluding hydrogens is 322 g/mol. The van der Waals surface area contributed by atoms with Gasteiger partial charge in [-0.1, -0.05) is 0 Å². The maximum atomic E-state index is 12.5. The van der Waals surface area contributed by atoms with E-state index in [1.165, 1.54) is 11.4 Å². The molecule has 0 aromatic carbocycles. The van der Waals surface area contributed by atoms with Crippen LogP contribution in [0.3, 0.4) is 0 Å². The molecule has 2 aromatic rings. The molecule has 1 aliphatic carbocycles. The fourth-order valence-corrected chi connectivity index (χ4v) is 4.69. The second-order valence-electron chi connectivity index (χ2n) is 7.12. The van der Waals surface area contributed by atoms with Crippen molar-refractivity contribution in [2.24, 2.45) is 12.5 Å². The molecule has 1 saturated heterocycles. The Balaban J connectivity index is 1.33. The van der Waals surface area contributed by atoms with Crippen molar-refractivity contribution in [2.75, 3.05) is 20.1 Å². The monoisotopic (exact) mass is 345 g/mol. The zero-order chi connectivity index (χ0) is 16.7. The minimum absolute atomic E-state index is 0.117. The molecule has 0 radical (unpaired) electrons. The van der Waals surface area contributed by atoms with Gasteiger partial charge in [-0.25, -0.2) is 4.98 Å². The van der Waals surface area contributed by atoms with Crippen LogP contribution in [-0.2, 0) is 13.6 Å². The van der Waals surface area contributed by atoms with E-state index in [2.05, 4.69) is 22.0 Å². The molecule has 1 spiro atoms. The van der Waals surface area contributed by atoms with E-state index in [9.17, 15) is 4.79 Å². The number of thiazole rings is 1. The van der Waals surface area contributed by atoms with E-state index in [-0.39, 0.29) is 5.91 Å². The van der Waals surface area contributed by atoms with Gasteiger partial charge in [-0.3, -0.25) is 14.4 Å². The summed E-state index contributed by atoms with van der Waals surface area (Å²) in [6, 6.07) is 0.636. The van der Waals surface area contributed by atoms with Crippen molar-refractivity contribution in [3.63, 3.8) is 0 Å². The zero-order valence-corrected chi connectivity index (χ0v) is 15.0. The number of nitrogens with zero attached hydrogens (tertiary/aromatic N) is 5. The Bertz CT molecular complexity index is 717. The van der Waals surface area contributed by atoms with Gasteiger partial charge in [0.05, 0.1) is 18.3 Å². The van der Waals surface area contributed by atoms with E-state index in [4.69, 9.17) is 0 Å². The summed E-state index contributed by atoms with van der Waals surface area (Å²) in [7, 11) is 4.04. The number of hydrogen-bond acceptors (Lipinski definition) is 5. The molecule has 2 fully saturated rings. The topological polar surface area (TPSA) is 54.3 Å². The van der Waals surface area contributed by atoms with Crippen LogP contribution in [0.2, 0.25) is 0 Å². The molecule has 6 nitrogen and oxygen atoms in total. The Labute approximate surface area is 146 Å². The fraction of sp³-hybridized carbons (Fsp3) is 0.588. The second-order valence-corrected chi connectivity index (χ2v) is 8.10. The molecule has 1 aliphatic heterocycles. The number of aromatic nitrogens is 3. The highest BCUT2D eigenvalue weighted by Crippen LogP contribution is 2.56. The molecule has 1 amide bonds. The molecule has 0 unspecified atom stereocenters. The minimum Gasteiger partial charge on any atom is -0.339 e. The van der Waals surface area contributed by atoms with Crippen LogP contribution in [0.5, 0.6) is 0 Å². The van der Waals surface area contributed by atoms with Gasteiger partial charge in [-0.15, -0.1) is 11.3 Å². The van der Waals surface area contributed by atoms with Crippen molar-refractivity contribution in [2.45, 2.75) is 31.8 Å². The third-order valence-corrected chi connectivity index (χ3v) is 6.31. The van der Waals surface area contributed by atoms with Crippen LogP contribution in [0.15, 0.2) is 24.0 Å². The van der Waals surface area contributed by atoms with Crippen LogP contribution in [0, 0.1) is 5.41 Å². The van der Waals surface area contributed by atoms with Gasteiger partial charge in [0.15, 0.2) is 0 Å². The van der Waals surface area contributed by atoms with Crippen molar-refractivity contribution in [1.82, 2.24) is 24.6 Å². The number of carbonyl (C=O) groups excluding carboxylic acids is 1. The number of likely N-dealkylation sites (tertiary alicyclic amines) is 1. The summed E-state index contributed by atoms with van der Waals surface area (Å²) in [5.74, 6) is 0.117. The molecule has 2 aromatic heterocycles. The Morgan fingerprint density at radius 3 is 2.88 bits per heavy atom. The highest BCUT2D eigenvalue weighted by Gasteiger charge is 2.56. The lowest BCUT2D eigenvalue weighted by molar-refractivity contribution is 0.0657. The van der Waals surface area contributed by atoms with E-state index < -0.39 is 0 Å². The van der Waals surface area contributed by atoms with Gasteiger partial charge in [-0.05, 0) is 31.7 Å². The first-order valence-corrected chi connectivity index (χ1v) is 9.32. The molecule has 24 heavy (non-hydrogen) atoms. The number of amides is 1. The Kier molecular flexibility index (Phi) is 3.92. The predicted molar refractivity (Wildman–Crippen MR) is 92.8 cm³/mol. The van der Waals surface area contributed by atoms with Gasteiger partial charge < -0.3 is 4.90 Å². The maximum Gasteiger partial charge on any atom is 0.257 e. The minimum atomic E-state index is 0.117. The van der Waals surface area contributed by atoms with Crippen molar-refractivity contribution >= 4 is 17.2 Å². The number of carbonyl (C=O) groups is 1. The van der Waals surface area contributed by atoms with E-state index >= 15 is 0 Å². The molecule has 3 heterocycles. The molecule has 128 valence electrons. The summed E-state index contributed by atoms with van der Waals surface area (Å²) in [5, 5.41) is 7.32. The molecule has 0 N–H and O–H groups in total. The van der Waals surface area contributed by atoms with E-state index in [0.717, 1.165) is 32.5 Å². The third-order valence-electron chi connectivity index (χ3n) is 5.55. The van der Waals surface area contributed by atoms with Gasteiger partial charge in [0.1, 0.15) is 5.01 Å². The van der Waals surface area contributed by atoms with Crippen LogP contribution >= 0.6 is 11.3 Å². The third kappa shape index (κ3) is 2.86. The van der Waals surface area contributed by atoms with Gasteiger partial charge in [0.25, 0.3) is 5.91 Å². The lowest BCUT2D eigenvalue weighted by Crippen LogP contribution is -2.41. The Morgan fingerprint density at radius 1 is 1.46 bits per heavy atom. The Morgan fingerprint density at radius 2 is 2.25 bits per heavy atom. The highest BCUT2D eigenvalue weighted by molar-refractivity contribution is 7.09. The lowest BCUT2D eigenvalue weighted by atomic mass is 9.92. The largest absolute Gasteiger partial charge is 0.339 e. The van der Waals surface area contributed by atoms with Gasteiger partial charge >= 0.3 is 0 Å². The summed E-state index contributed by atoms with van der Waals surface area (Å²) < 4.78 is 1.68. The predicted octanol–water partition coefficient (Wildman–Crippen LogP) is 2.00. The van der Waals surface area contributed by atoms with Crippen molar-refractivity contribution in [3.05, 3.63) is 34.5 Å². The molecule has 0 bridgehead atoms. The van der Waals surface area contributed by atoms with Crippen molar-refractivity contribution < 1.29 is 4.79 Å². The average molecular weight is 345 g/mol. The van der Waals surface area contributed by atoms with Crippen molar-refractivity contribution in [1.29, 1.82) is 0 Å². The zero-order valence-electron chi connectivity index (χ0n) is 14.2. The average Bonchev–Trinajstić information content (AvgIpc) is 2.95. The van der Waals surface area contributed by atoms with Crippen LogP contribution in [0.1, 0.15) is 34.6 Å². The second kappa shape index (κ2) is 5.97. The normalized spacial score (nSPS) is 22.3. The van der Waals surface area contributed by atoms with Crippen LogP contribution in [0.25, 0.3) is 0 Å². The summed E-state index contributed by atoms with van der Waals surface area (Å²) in [6.07, 6.45) is 8.80. The van der Waals surface area contributed by atoms with Crippen molar-refractivity contribution in [3.8, 4) is 0 Å². The van der Waals surface area contributed by atoms with E-state index in [0.29, 0.717) is 17.0 Å². The number of rotatable bonds is 4. The number of piperidine rings is 1. The van der Waals surface area contributed by atoms with Gasteiger partial charge in [0.2, 0.25) is 0 Å². The SMILES string of the molecule is CN(Cc1nccs1)[C@@H]1CC12CCN(C(=O)c1cnn(C)c1)CC2. The highest BCUT2D eigenvalue weighted by atomic mass is 32.1. The number of hydrogen-bond donors (Lipinski definition) is 0. The standard InChI is InChI=1S/C17H23N5OS/c1-20(12-15-18-5-8-24-15)14-9-17(14)3-6-22(7-4-17)16(23)13-10-19-21(2)11-13/h5,8,10-11,14H,3-4,6-7,9,12H2,1-2H3/t14-/m1/s1. The molecule has 2 aliphatic rings. The lowest BCUT2D eigenvalue weighted by Gasteiger charge is -2.34. The molecule has 1 saturated carbocycles. The maximum absolute atomic E-state index is 12.5. The van der Waals surface area contributed by atoms with Crippen LogP contribution in [0.4, 0.5) is 0 Å². The first-order valence-electron chi connectivity index (χ1n) is 8.44. The fourth-order valence-electron chi connectivity index (χ4n) is 4.01. The first-order chi connectivity index (χ1) is 11.6. The summed E-state index contributed by atoms with van der Waals surface area (Å²) in [6.45, 7) is 2.65. The van der Waals surface area contributed by atoms with Crippen LogP contribution < -0.4 is 0 Å². The summed E-state index contributed by atoms with van der Waals surface area (Å²) in [5.41, 5.74) is 1.11. The summed E-state index contributed by atoms with van der Waals surface area (Å²) >= 11 is 1.72. The first kappa shape index (κ1) is 15.8. The molecule has 1 atom stereocenters. The molecule has 7 heteroatoms. The van der Waals surface area contributed by atoms with E-state index in [1.807, 2.05) is 23.5 Å². The quantitative estimate of drug-likeness (QED) is 0.850. The molecule has 4 rings (SSSR count). The number of aryl methyl sites for hydroxylation is 1. The van der Waals surface area contributed by atoms with E-state index in [1.54, 1.807) is 28.4 Å². The Hall–Kier alpha value is -1.73. The van der Waals surface area contributed by atoms with Crippen LogP contribution in [-0.4, -0.2) is 56.7 Å². The smallest absolute Gasteiger partial charge is 0.257 e.